The van der Waals surface area contributed by atoms with Gasteiger partial charge in [0.1, 0.15) is 22.2 Å². The molecule has 3 unspecified atom stereocenters. The minimum absolute atomic E-state index is 0.0275. The second kappa shape index (κ2) is 7.51. The van der Waals surface area contributed by atoms with Gasteiger partial charge < -0.3 is 15.3 Å². The minimum atomic E-state index is -3.28. The molecule has 1 saturated heterocycles. The van der Waals surface area contributed by atoms with Crippen molar-refractivity contribution in [3.05, 3.63) is 28.9 Å². The van der Waals surface area contributed by atoms with Crippen molar-refractivity contribution < 1.29 is 18.1 Å². The number of nitrogens with one attached hydrogen (secondary N) is 1. The predicted octanol–water partition coefficient (Wildman–Crippen LogP) is 2.84. The van der Waals surface area contributed by atoms with Gasteiger partial charge in [-0.1, -0.05) is 11.6 Å². The van der Waals surface area contributed by atoms with E-state index in [2.05, 4.69) is 25.3 Å². The number of anilines is 2. The molecule has 2 N–H and O–H groups in total. The van der Waals surface area contributed by atoms with Crippen LogP contribution in [0.4, 0.5) is 20.5 Å². The van der Waals surface area contributed by atoms with Crippen molar-refractivity contribution in [2.45, 2.75) is 60.4 Å². The molecule has 2 saturated carbocycles. The summed E-state index contributed by atoms with van der Waals surface area (Å²) in [5.41, 5.74) is -1.07. The Hall–Kier alpha value is -1.98. The number of rotatable bonds is 5. The van der Waals surface area contributed by atoms with Gasteiger partial charge in [0.05, 0.1) is 33.7 Å². The van der Waals surface area contributed by atoms with E-state index in [1.807, 2.05) is 4.90 Å². The van der Waals surface area contributed by atoms with Crippen LogP contribution >= 0.6 is 11.6 Å². The van der Waals surface area contributed by atoms with E-state index in [1.165, 1.54) is 0 Å². The lowest BCUT2D eigenvalue weighted by molar-refractivity contribution is 0.0191. The van der Waals surface area contributed by atoms with E-state index in [1.54, 1.807) is 12.4 Å². The summed E-state index contributed by atoms with van der Waals surface area (Å²) in [6.07, 6.45) is 7.18. The fourth-order valence-electron chi connectivity index (χ4n) is 5.63. The molecule has 33 heavy (non-hydrogen) atoms. The summed E-state index contributed by atoms with van der Waals surface area (Å²) in [5, 5.41) is 13.5. The van der Waals surface area contributed by atoms with Gasteiger partial charge in [-0.05, 0) is 38.0 Å². The summed E-state index contributed by atoms with van der Waals surface area (Å²) in [6.45, 7) is 0.473. The Labute approximate surface area is 196 Å². The maximum absolute atomic E-state index is 14.7. The Morgan fingerprint density at radius 2 is 2.00 bits per heavy atom. The van der Waals surface area contributed by atoms with Crippen LogP contribution in [0.3, 0.4) is 0 Å². The number of piperidine rings is 1. The molecule has 3 fully saturated rings. The van der Waals surface area contributed by atoms with Gasteiger partial charge in [0, 0.05) is 30.9 Å². The van der Waals surface area contributed by atoms with E-state index < -0.39 is 33.7 Å². The van der Waals surface area contributed by atoms with E-state index in [4.69, 9.17) is 11.6 Å². The van der Waals surface area contributed by atoms with Gasteiger partial charge in [0.15, 0.2) is 0 Å². The fourth-order valence-corrected chi connectivity index (χ4v) is 7.06. The normalized spacial score (nSPS) is 30.8. The predicted molar refractivity (Wildman–Crippen MR) is 118 cm³/mol. The molecule has 4 heterocycles. The van der Waals surface area contributed by atoms with Crippen LogP contribution in [0.15, 0.2) is 17.3 Å². The molecule has 2 aliphatic heterocycles. The maximum Gasteiger partial charge on any atom is 0.302 e. The molecule has 0 spiro atoms. The van der Waals surface area contributed by atoms with Gasteiger partial charge in [0.25, 0.3) is 0 Å². The molecule has 4 atom stereocenters. The highest BCUT2D eigenvalue weighted by Gasteiger charge is 2.52. The zero-order chi connectivity index (χ0) is 23.0. The van der Waals surface area contributed by atoms with Gasteiger partial charge in [-0.25, -0.2) is 15.0 Å². The molecule has 176 valence electrons. The number of alkyl halides is 2. The number of hydrogen-bond acceptors (Lipinski definition) is 8. The van der Waals surface area contributed by atoms with E-state index in [0.717, 1.165) is 25.1 Å². The first-order valence-electron chi connectivity index (χ1n) is 11.1. The van der Waals surface area contributed by atoms with Crippen molar-refractivity contribution in [1.29, 1.82) is 0 Å². The van der Waals surface area contributed by atoms with E-state index in [-0.39, 0.29) is 41.1 Å². The first kappa shape index (κ1) is 21.5. The van der Waals surface area contributed by atoms with Gasteiger partial charge in [-0.15, -0.1) is 0 Å². The Kier molecular flexibility index (Phi) is 4.90. The molecule has 6 rings (SSSR count). The summed E-state index contributed by atoms with van der Waals surface area (Å²) in [4.78, 5) is 19.5. The maximum atomic E-state index is 14.7. The molecule has 2 bridgehead atoms. The van der Waals surface area contributed by atoms with Crippen LogP contribution < -0.4 is 10.2 Å². The van der Waals surface area contributed by atoms with Crippen LogP contribution in [-0.4, -0.2) is 59.7 Å². The highest BCUT2D eigenvalue weighted by atomic mass is 35.5. The van der Waals surface area contributed by atoms with Crippen LogP contribution in [0.2, 0.25) is 5.02 Å². The smallest absolute Gasteiger partial charge is 0.302 e. The van der Waals surface area contributed by atoms with Gasteiger partial charge >= 0.3 is 5.92 Å². The second-order valence-electron chi connectivity index (χ2n) is 9.56. The Bertz CT molecular complexity index is 1130. The largest absolute Gasteiger partial charge is 0.394 e. The average Bonchev–Trinajstić information content (AvgIpc) is 3.42. The van der Waals surface area contributed by atoms with E-state index in [9.17, 15) is 18.1 Å². The molecule has 0 amide bonds. The van der Waals surface area contributed by atoms with Gasteiger partial charge in [0.2, 0.25) is 5.95 Å². The standard InChI is InChI=1S/C21H23ClF2N6O2S/c22-12-6-25-17(26-7-12)14-5-13-4-11(14)8-30(13)19-27-16-15(33(32)10-21(16,23)24)18(28-19)29-20(9-31)2-1-3-20/h6-7,11,13-14,31H,1-5,8-10H2,(H,27,28,29)/t11?,13?,14?,33-/m0/s1. The Morgan fingerprint density at radius 1 is 1.24 bits per heavy atom. The lowest BCUT2D eigenvalue weighted by Crippen LogP contribution is -2.49. The van der Waals surface area contributed by atoms with E-state index >= 15 is 0 Å². The highest BCUT2D eigenvalue weighted by Crippen LogP contribution is 2.49. The third-order valence-electron chi connectivity index (χ3n) is 7.51. The number of halogens is 3. The molecule has 12 heteroatoms. The summed E-state index contributed by atoms with van der Waals surface area (Å²) in [7, 11) is -1.90. The topological polar surface area (TPSA) is 104 Å². The number of aliphatic hydroxyl groups excluding tert-OH is 1. The Balaban J connectivity index is 1.33. The molecular weight excluding hydrogens is 474 g/mol. The van der Waals surface area contributed by atoms with Crippen molar-refractivity contribution in [3.8, 4) is 0 Å². The third-order valence-corrected chi connectivity index (χ3v) is 9.17. The number of hydrogen-bond donors (Lipinski definition) is 2. The van der Waals surface area contributed by atoms with Gasteiger partial charge in [-0.3, -0.25) is 4.21 Å². The van der Waals surface area contributed by atoms with Crippen molar-refractivity contribution in [2.75, 3.05) is 29.1 Å². The molecule has 2 aromatic rings. The fraction of sp³-hybridized carbons (Fsp3) is 0.619. The Morgan fingerprint density at radius 3 is 2.61 bits per heavy atom. The van der Waals surface area contributed by atoms with Crippen LogP contribution in [-0.2, 0) is 16.7 Å². The molecule has 8 nitrogen and oxygen atoms in total. The molecular formula is C21H23ClF2N6O2S. The summed E-state index contributed by atoms with van der Waals surface area (Å²) < 4.78 is 42.1. The highest BCUT2D eigenvalue weighted by molar-refractivity contribution is 7.85. The van der Waals surface area contributed by atoms with Gasteiger partial charge in [-0.2, -0.15) is 13.8 Å². The van der Waals surface area contributed by atoms with Crippen molar-refractivity contribution in [3.63, 3.8) is 0 Å². The number of nitrogens with zero attached hydrogens (tertiary/aromatic N) is 5. The van der Waals surface area contributed by atoms with Crippen molar-refractivity contribution in [2.24, 2.45) is 5.92 Å². The van der Waals surface area contributed by atoms with Crippen LogP contribution in [0.5, 0.6) is 0 Å². The number of fused-ring (bicyclic) bond motifs is 3. The molecule has 0 aromatic carbocycles. The number of aliphatic hydroxyl groups is 1. The average molecular weight is 497 g/mol. The minimum Gasteiger partial charge on any atom is -0.394 e. The monoisotopic (exact) mass is 496 g/mol. The second-order valence-corrected chi connectivity index (χ2v) is 11.4. The van der Waals surface area contributed by atoms with Crippen LogP contribution in [0.1, 0.15) is 49.5 Å². The first-order valence-corrected chi connectivity index (χ1v) is 12.8. The molecule has 4 aliphatic rings. The quantitative estimate of drug-likeness (QED) is 0.651. The van der Waals surface area contributed by atoms with E-state index in [0.29, 0.717) is 24.4 Å². The molecule has 2 aromatic heterocycles. The lowest BCUT2D eigenvalue weighted by Gasteiger charge is -2.42. The zero-order valence-electron chi connectivity index (χ0n) is 17.7. The van der Waals surface area contributed by atoms with Crippen molar-refractivity contribution >= 4 is 34.2 Å². The summed E-state index contributed by atoms with van der Waals surface area (Å²) in [5.74, 6) is -2.49. The molecule has 2 aliphatic carbocycles. The van der Waals surface area contributed by atoms with Crippen LogP contribution in [0.25, 0.3) is 0 Å². The number of aromatic nitrogens is 4. The SMILES string of the molecule is O=[S@]1CC(F)(F)c2nc(N3CC4CC3CC4c3ncc(Cl)cn3)nc(NC3(CO)CCC3)c21. The third kappa shape index (κ3) is 3.42. The molecule has 0 radical (unpaired) electrons. The first-order chi connectivity index (χ1) is 15.8. The zero-order valence-corrected chi connectivity index (χ0v) is 19.2. The van der Waals surface area contributed by atoms with Crippen molar-refractivity contribution in [1.82, 2.24) is 19.9 Å². The van der Waals surface area contributed by atoms with Crippen LogP contribution in [0, 0.1) is 5.92 Å². The summed E-state index contributed by atoms with van der Waals surface area (Å²) in [6, 6.07) is 0.0844. The summed E-state index contributed by atoms with van der Waals surface area (Å²) >= 11 is 5.91. The lowest BCUT2D eigenvalue weighted by atomic mass is 9.77.